The number of aromatic hydroxyl groups is 1. The van der Waals surface area contributed by atoms with Crippen LogP contribution in [0.25, 0.3) is 33.3 Å². The number of benzene rings is 3. The Bertz CT molecular complexity index is 1160. The normalized spacial score (nSPS) is 15.8. The van der Waals surface area contributed by atoms with Gasteiger partial charge < -0.3 is 14.3 Å². The van der Waals surface area contributed by atoms with Gasteiger partial charge in [-0.2, -0.15) is 0 Å². The molecule has 1 aliphatic rings. The number of nitrogens with zero attached hydrogens (tertiary/aromatic N) is 1. The molecule has 0 fully saturated rings. The van der Waals surface area contributed by atoms with Crippen molar-refractivity contribution in [2.24, 2.45) is 0 Å². The van der Waals surface area contributed by atoms with Crippen molar-refractivity contribution in [3.8, 4) is 23.0 Å². The summed E-state index contributed by atoms with van der Waals surface area (Å²) in [7, 11) is 0. The molecule has 130 valence electrons. The molecule has 4 aromatic rings. The van der Waals surface area contributed by atoms with Crippen LogP contribution in [0.1, 0.15) is 25.8 Å². The Morgan fingerprint density at radius 1 is 1.00 bits per heavy atom. The Kier molecular flexibility index (Phi) is 3.08. The molecular formula is C22H19NO3. The largest absolute Gasteiger partial charge is 0.507 e. The molecule has 0 amide bonds. The minimum Gasteiger partial charge on any atom is -0.507 e. The van der Waals surface area contributed by atoms with Crippen LogP contribution in [-0.2, 0) is 6.42 Å². The topological polar surface area (TPSA) is 55.5 Å². The number of para-hydroxylation sites is 1. The highest BCUT2D eigenvalue weighted by Gasteiger charge is 2.31. The van der Waals surface area contributed by atoms with E-state index in [0.717, 1.165) is 46.0 Å². The summed E-state index contributed by atoms with van der Waals surface area (Å²) in [4.78, 5) is 4.73. The summed E-state index contributed by atoms with van der Waals surface area (Å²) >= 11 is 0. The molecule has 0 atom stereocenters. The fourth-order valence-corrected chi connectivity index (χ4v) is 3.73. The standard InChI is InChI=1S/C22H19NO3/c1-22(2)12-11-16-19(26-22)14-8-4-3-7-13(14)18-20(16)25-21(23-18)15-9-5-6-10-17(15)24/h3-10,24H,11-12H2,1-2H3. The van der Waals surface area contributed by atoms with Crippen molar-refractivity contribution in [2.75, 3.05) is 0 Å². The summed E-state index contributed by atoms with van der Waals surface area (Å²) in [6.07, 6.45) is 1.79. The lowest BCUT2D eigenvalue weighted by atomic mass is 9.91. The third-order valence-corrected chi connectivity index (χ3v) is 5.09. The number of hydrogen-bond donors (Lipinski definition) is 1. The Morgan fingerprint density at radius 3 is 2.54 bits per heavy atom. The van der Waals surface area contributed by atoms with Gasteiger partial charge in [0.25, 0.3) is 0 Å². The average Bonchev–Trinajstić information content (AvgIpc) is 3.07. The smallest absolute Gasteiger partial charge is 0.231 e. The molecule has 1 aromatic heterocycles. The molecule has 4 heteroatoms. The first kappa shape index (κ1) is 15.3. The molecule has 0 saturated heterocycles. The SMILES string of the molecule is CC1(C)CCc2c(c3ccccc3c3nc(-c4ccccc4O)oc23)O1. The molecule has 0 spiro atoms. The molecule has 0 bridgehead atoms. The number of phenols is 1. The van der Waals surface area contributed by atoms with Crippen molar-refractivity contribution < 1.29 is 14.3 Å². The highest BCUT2D eigenvalue weighted by Crippen LogP contribution is 2.45. The lowest BCUT2D eigenvalue weighted by Crippen LogP contribution is -2.32. The molecular weight excluding hydrogens is 326 g/mol. The summed E-state index contributed by atoms with van der Waals surface area (Å²) < 4.78 is 12.5. The van der Waals surface area contributed by atoms with Crippen molar-refractivity contribution in [2.45, 2.75) is 32.3 Å². The molecule has 0 radical (unpaired) electrons. The lowest BCUT2D eigenvalue weighted by molar-refractivity contribution is 0.0871. The Hall–Kier alpha value is -3.01. The van der Waals surface area contributed by atoms with Crippen LogP contribution in [0.15, 0.2) is 52.9 Å². The van der Waals surface area contributed by atoms with E-state index < -0.39 is 0 Å². The number of ether oxygens (including phenoxy) is 1. The van der Waals surface area contributed by atoms with E-state index >= 15 is 0 Å². The second-order valence-corrected chi connectivity index (χ2v) is 7.43. The Labute approximate surface area is 151 Å². The van der Waals surface area contributed by atoms with Crippen LogP contribution in [0.5, 0.6) is 11.5 Å². The van der Waals surface area contributed by atoms with Crippen LogP contribution < -0.4 is 4.74 Å². The van der Waals surface area contributed by atoms with Crippen LogP contribution >= 0.6 is 0 Å². The quantitative estimate of drug-likeness (QED) is 0.498. The van der Waals surface area contributed by atoms with Gasteiger partial charge in [0, 0.05) is 16.3 Å². The van der Waals surface area contributed by atoms with Crippen molar-refractivity contribution >= 4 is 21.9 Å². The van der Waals surface area contributed by atoms with Gasteiger partial charge in [-0.15, -0.1) is 0 Å². The van der Waals surface area contributed by atoms with Gasteiger partial charge in [0.2, 0.25) is 5.89 Å². The van der Waals surface area contributed by atoms with Crippen molar-refractivity contribution in [3.63, 3.8) is 0 Å². The van der Waals surface area contributed by atoms with Crippen molar-refractivity contribution in [3.05, 3.63) is 54.1 Å². The van der Waals surface area contributed by atoms with Crippen molar-refractivity contribution in [1.29, 1.82) is 0 Å². The van der Waals surface area contributed by atoms with E-state index in [-0.39, 0.29) is 11.4 Å². The van der Waals surface area contributed by atoms with Crippen molar-refractivity contribution in [1.82, 2.24) is 4.98 Å². The zero-order valence-corrected chi connectivity index (χ0v) is 14.7. The van der Waals surface area contributed by atoms with Gasteiger partial charge in [-0.1, -0.05) is 36.4 Å². The minimum atomic E-state index is -0.204. The van der Waals surface area contributed by atoms with E-state index in [9.17, 15) is 5.11 Å². The first-order valence-corrected chi connectivity index (χ1v) is 8.85. The van der Waals surface area contributed by atoms with Gasteiger partial charge in [-0.3, -0.25) is 0 Å². The second kappa shape index (κ2) is 5.24. The Morgan fingerprint density at radius 2 is 1.73 bits per heavy atom. The van der Waals surface area contributed by atoms with Crippen LogP contribution in [0, 0.1) is 0 Å². The molecule has 0 aliphatic carbocycles. The highest BCUT2D eigenvalue weighted by molar-refractivity contribution is 6.09. The van der Waals surface area contributed by atoms with Crippen LogP contribution in [0.2, 0.25) is 0 Å². The predicted octanol–water partition coefficient (Wildman–Crippen LogP) is 5.46. The maximum atomic E-state index is 10.2. The fraction of sp³-hybridized carbons (Fsp3) is 0.227. The second-order valence-electron chi connectivity index (χ2n) is 7.43. The summed E-state index contributed by atoms with van der Waals surface area (Å²) in [5, 5.41) is 12.2. The number of fused-ring (bicyclic) bond motifs is 6. The molecule has 3 aromatic carbocycles. The van der Waals surface area contributed by atoms with Gasteiger partial charge >= 0.3 is 0 Å². The third-order valence-electron chi connectivity index (χ3n) is 5.09. The van der Waals surface area contributed by atoms with Crippen LogP contribution in [0.4, 0.5) is 0 Å². The minimum absolute atomic E-state index is 0.162. The number of rotatable bonds is 1. The van der Waals surface area contributed by atoms with E-state index in [1.807, 2.05) is 30.3 Å². The first-order chi connectivity index (χ1) is 12.5. The van der Waals surface area contributed by atoms with Gasteiger partial charge in [0.1, 0.15) is 22.6 Å². The summed E-state index contributed by atoms with van der Waals surface area (Å²) in [6, 6.07) is 15.2. The summed E-state index contributed by atoms with van der Waals surface area (Å²) in [5.74, 6) is 1.49. The number of phenolic OH excluding ortho intramolecular Hbond substituents is 1. The summed E-state index contributed by atoms with van der Waals surface area (Å²) in [6.45, 7) is 4.23. The Balaban J connectivity index is 1.86. The van der Waals surface area contributed by atoms with E-state index in [1.54, 1.807) is 12.1 Å². The maximum Gasteiger partial charge on any atom is 0.231 e. The zero-order chi connectivity index (χ0) is 17.9. The van der Waals surface area contributed by atoms with E-state index in [1.165, 1.54) is 0 Å². The van der Waals surface area contributed by atoms with Gasteiger partial charge in [0.05, 0.1) is 5.56 Å². The molecule has 5 rings (SSSR count). The van der Waals surface area contributed by atoms with E-state index in [2.05, 4.69) is 19.9 Å². The molecule has 0 unspecified atom stereocenters. The average molecular weight is 345 g/mol. The summed E-state index contributed by atoms with van der Waals surface area (Å²) in [5.41, 5.74) is 3.03. The number of aromatic nitrogens is 1. The molecule has 26 heavy (non-hydrogen) atoms. The molecule has 4 nitrogen and oxygen atoms in total. The number of hydrogen-bond acceptors (Lipinski definition) is 4. The predicted molar refractivity (Wildman–Crippen MR) is 102 cm³/mol. The third kappa shape index (κ3) is 2.18. The molecule has 0 saturated carbocycles. The zero-order valence-electron chi connectivity index (χ0n) is 14.7. The number of aryl methyl sites for hydroxylation is 1. The molecule has 1 aliphatic heterocycles. The molecule has 2 heterocycles. The van der Waals surface area contributed by atoms with Gasteiger partial charge in [0.15, 0.2) is 5.58 Å². The van der Waals surface area contributed by atoms with Gasteiger partial charge in [-0.25, -0.2) is 4.98 Å². The fourth-order valence-electron chi connectivity index (χ4n) is 3.73. The highest BCUT2D eigenvalue weighted by atomic mass is 16.5. The van der Waals surface area contributed by atoms with Crippen LogP contribution in [-0.4, -0.2) is 15.7 Å². The van der Waals surface area contributed by atoms with Crippen LogP contribution in [0.3, 0.4) is 0 Å². The monoisotopic (exact) mass is 345 g/mol. The van der Waals surface area contributed by atoms with E-state index in [4.69, 9.17) is 14.1 Å². The first-order valence-electron chi connectivity index (χ1n) is 8.85. The molecule has 1 N–H and O–H groups in total. The van der Waals surface area contributed by atoms with Gasteiger partial charge in [-0.05, 0) is 38.8 Å². The number of oxazole rings is 1. The van der Waals surface area contributed by atoms with E-state index in [0.29, 0.717) is 11.5 Å². The lowest BCUT2D eigenvalue weighted by Gasteiger charge is -2.33. The maximum absolute atomic E-state index is 10.2.